The Kier molecular flexibility index (Phi) is 5.57. The fourth-order valence-electron chi connectivity index (χ4n) is 1.98. The van der Waals surface area contributed by atoms with Crippen molar-refractivity contribution in [3.05, 3.63) is 54.8 Å². The Hall–Kier alpha value is -0.230. The summed E-state index contributed by atoms with van der Waals surface area (Å²) in [5.74, 6) is -0.165. The summed E-state index contributed by atoms with van der Waals surface area (Å²) in [5.41, 5.74) is 0.705. The Labute approximate surface area is 133 Å². The van der Waals surface area contributed by atoms with Crippen molar-refractivity contribution in [3.8, 4) is 0 Å². The predicted molar refractivity (Wildman–Crippen MR) is 86.2 cm³/mol. The van der Waals surface area contributed by atoms with Crippen LogP contribution in [0.25, 0.3) is 0 Å². The molecule has 1 N–H and O–H groups in total. The van der Waals surface area contributed by atoms with Crippen molar-refractivity contribution in [3.63, 3.8) is 0 Å². The summed E-state index contributed by atoms with van der Waals surface area (Å²) in [7, 11) is 0. The van der Waals surface area contributed by atoms with E-state index in [2.05, 4.69) is 37.2 Å². The van der Waals surface area contributed by atoms with Gasteiger partial charge in [-0.3, -0.25) is 0 Å². The SMILES string of the molecule is CCNC(Cc1sccc1Br)c1cc(Br)ccc1F. The highest BCUT2D eigenvalue weighted by atomic mass is 79.9. The summed E-state index contributed by atoms with van der Waals surface area (Å²) in [6.45, 7) is 2.84. The van der Waals surface area contributed by atoms with Crippen LogP contribution in [0.15, 0.2) is 38.6 Å². The van der Waals surface area contributed by atoms with E-state index in [9.17, 15) is 4.39 Å². The molecule has 0 aliphatic heterocycles. The first-order valence-electron chi connectivity index (χ1n) is 6.02. The predicted octanol–water partition coefficient (Wildman–Crippen LogP) is 5.31. The molecule has 2 aromatic rings. The molecule has 1 aromatic carbocycles. The van der Waals surface area contributed by atoms with E-state index >= 15 is 0 Å². The molecule has 0 saturated carbocycles. The lowest BCUT2D eigenvalue weighted by Gasteiger charge is -2.19. The Morgan fingerprint density at radius 2 is 2.11 bits per heavy atom. The molecule has 0 aliphatic rings. The number of nitrogens with one attached hydrogen (secondary N) is 1. The first-order valence-corrected chi connectivity index (χ1v) is 8.48. The van der Waals surface area contributed by atoms with Crippen LogP contribution in [0.3, 0.4) is 0 Å². The van der Waals surface area contributed by atoms with Crippen LogP contribution in [-0.2, 0) is 6.42 Å². The lowest BCUT2D eigenvalue weighted by Crippen LogP contribution is -2.23. The lowest BCUT2D eigenvalue weighted by atomic mass is 10.0. The van der Waals surface area contributed by atoms with Gasteiger partial charge in [-0.15, -0.1) is 11.3 Å². The van der Waals surface area contributed by atoms with E-state index in [1.807, 2.05) is 24.4 Å². The molecule has 0 spiro atoms. The van der Waals surface area contributed by atoms with Gasteiger partial charge in [-0.1, -0.05) is 22.9 Å². The second kappa shape index (κ2) is 6.97. The minimum Gasteiger partial charge on any atom is -0.310 e. The van der Waals surface area contributed by atoms with Gasteiger partial charge >= 0.3 is 0 Å². The number of hydrogen-bond acceptors (Lipinski definition) is 2. The molecule has 0 fully saturated rings. The highest BCUT2D eigenvalue weighted by Crippen LogP contribution is 2.30. The minimum atomic E-state index is -0.165. The van der Waals surface area contributed by atoms with Crippen LogP contribution < -0.4 is 5.32 Å². The second-order valence-corrected chi connectivity index (χ2v) is 6.94. The van der Waals surface area contributed by atoms with Crippen LogP contribution in [0, 0.1) is 5.82 Å². The standard InChI is InChI=1S/C14H14Br2FNS/c1-2-18-13(8-14-11(16)5-6-19-14)10-7-9(15)3-4-12(10)17/h3-7,13,18H,2,8H2,1H3. The Balaban J connectivity index is 2.29. The zero-order valence-corrected chi connectivity index (χ0v) is 14.4. The average molecular weight is 407 g/mol. The smallest absolute Gasteiger partial charge is 0.128 e. The molecule has 0 radical (unpaired) electrons. The summed E-state index contributed by atoms with van der Waals surface area (Å²) in [6, 6.07) is 7.10. The maximum absolute atomic E-state index is 14.0. The van der Waals surface area contributed by atoms with E-state index in [1.54, 1.807) is 17.4 Å². The van der Waals surface area contributed by atoms with Crippen molar-refractivity contribution in [2.24, 2.45) is 0 Å². The van der Waals surface area contributed by atoms with Crippen molar-refractivity contribution in [2.45, 2.75) is 19.4 Å². The largest absolute Gasteiger partial charge is 0.310 e. The maximum atomic E-state index is 14.0. The van der Waals surface area contributed by atoms with Gasteiger partial charge in [0.15, 0.2) is 0 Å². The molecule has 102 valence electrons. The van der Waals surface area contributed by atoms with Gasteiger partial charge in [-0.2, -0.15) is 0 Å². The summed E-state index contributed by atoms with van der Waals surface area (Å²) in [5, 5.41) is 5.40. The van der Waals surface area contributed by atoms with E-state index in [0.29, 0.717) is 5.56 Å². The Bertz CT molecular complexity index is 556. The number of hydrogen-bond donors (Lipinski definition) is 1. The first-order chi connectivity index (χ1) is 9.11. The lowest BCUT2D eigenvalue weighted by molar-refractivity contribution is 0.511. The summed E-state index contributed by atoms with van der Waals surface area (Å²) < 4.78 is 16.0. The number of likely N-dealkylation sites (N-methyl/N-ethyl adjacent to an activating group) is 1. The third kappa shape index (κ3) is 3.88. The molecule has 2 rings (SSSR count). The van der Waals surface area contributed by atoms with E-state index in [0.717, 1.165) is 21.9 Å². The topological polar surface area (TPSA) is 12.0 Å². The minimum absolute atomic E-state index is 0.0163. The molecule has 0 saturated heterocycles. The second-order valence-electron chi connectivity index (χ2n) is 4.17. The van der Waals surface area contributed by atoms with Crippen LogP contribution in [0.2, 0.25) is 0 Å². The third-order valence-corrected chi connectivity index (χ3v) is 5.31. The zero-order valence-electron chi connectivity index (χ0n) is 10.4. The monoisotopic (exact) mass is 405 g/mol. The van der Waals surface area contributed by atoms with Crippen molar-refractivity contribution >= 4 is 43.2 Å². The van der Waals surface area contributed by atoms with E-state index in [4.69, 9.17) is 0 Å². The maximum Gasteiger partial charge on any atom is 0.128 e. The number of benzene rings is 1. The van der Waals surface area contributed by atoms with Gasteiger partial charge in [0, 0.05) is 31.8 Å². The van der Waals surface area contributed by atoms with Crippen molar-refractivity contribution in [2.75, 3.05) is 6.54 Å². The number of halogens is 3. The van der Waals surface area contributed by atoms with Gasteiger partial charge in [-0.05, 0) is 52.1 Å². The molecule has 1 nitrogen and oxygen atoms in total. The zero-order chi connectivity index (χ0) is 13.8. The number of rotatable bonds is 5. The quantitative estimate of drug-likeness (QED) is 0.709. The molecule has 0 amide bonds. The summed E-state index contributed by atoms with van der Waals surface area (Å²) >= 11 is 8.63. The van der Waals surface area contributed by atoms with Gasteiger partial charge in [0.1, 0.15) is 5.82 Å². The molecule has 0 aliphatic carbocycles. The summed E-state index contributed by atoms with van der Waals surface area (Å²) in [4.78, 5) is 1.23. The fourth-order valence-corrected chi connectivity index (χ4v) is 3.92. The molecule has 1 unspecified atom stereocenters. The number of thiophene rings is 1. The molecule has 1 atom stereocenters. The van der Waals surface area contributed by atoms with E-state index in [-0.39, 0.29) is 11.9 Å². The molecule has 1 aromatic heterocycles. The van der Waals surface area contributed by atoms with Crippen LogP contribution in [-0.4, -0.2) is 6.54 Å². The Morgan fingerprint density at radius 1 is 1.32 bits per heavy atom. The van der Waals surface area contributed by atoms with Crippen molar-refractivity contribution < 1.29 is 4.39 Å². The molecule has 0 bridgehead atoms. The molecule has 1 heterocycles. The van der Waals surface area contributed by atoms with Crippen LogP contribution >= 0.6 is 43.2 Å². The molecule has 5 heteroatoms. The third-order valence-electron chi connectivity index (χ3n) is 2.86. The van der Waals surface area contributed by atoms with Crippen molar-refractivity contribution in [1.82, 2.24) is 5.32 Å². The summed E-state index contributed by atoms with van der Waals surface area (Å²) in [6.07, 6.45) is 0.777. The Morgan fingerprint density at radius 3 is 2.74 bits per heavy atom. The van der Waals surface area contributed by atoms with E-state index in [1.165, 1.54) is 10.9 Å². The molecular formula is C14H14Br2FNS. The van der Waals surface area contributed by atoms with Gasteiger partial charge in [-0.25, -0.2) is 4.39 Å². The highest BCUT2D eigenvalue weighted by Gasteiger charge is 2.17. The molecule has 19 heavy (non-hydrogen) atoms. The van der Waals surface area contributed by atoms with Gasteiger partial charge in [0.05, 0.1) is 0 Å². The van der Waals surface area contributed by atoms with Crippen LogP contribution in [0.1, 0.15) is 23.4 Å². The highest BCUT2D eigenvalue weighted by molar-refractivity contribution is 9.10. The normalized spacial score (nSPS) is 12.6. The van der Waals surface area contributed by atoms with E-state index < -0.39 is 0 Å². The first kappa shape index (κ1) is 15.2. The van der Waals surface area contributed by atoms with Gasteiger partial charge in [0.25, 0.3) is 0 Å². The van der Waals surface area contributed by atoms with Gasteiger partial charge < -0.3 is 5.32 Å². The van der Waals surface area contributed by atoms with Crippen LogP contribution in [0.5, 0.6) is 0 Å². The van der Waals surface area contributed by atoms with Gasteiger partial charge in [0.2, 0.25) is 0 Å². The average Bonchev–Trinajstić information content (AvgIpc) is 2.78. The van der Waals surface area contributed by atoms with Crippen LogP contribution in [0.4, 0.5) is 4.39 Å². The molecular weight excluding hydrogens is 393 g/mol. The van der Waals surface area contributed by atoms with Crippen molar-refractivity contribution in [1.29, 1.82) is 0 Å². The fraction of sp³-hybridized carbons (Fsp3) is 0.286.